The van der Waals surface area contributed by atoms with Crippen LogP contribution in [0.4, 0.5) is 9.52 Å². The summed E-state index contributed by atoms with van der Waals surface area (Å²) in [5.74, 6) is -0.359. The van der Waals surface area contributed by atoms with Gasteiger partial charge in [0.1, 0.15) is 11.4 Å². The second-order valence-electron chi connectivity index (χ2n) is 6.29. The van der Waals surface area contributed by atoms with E-state index < -0.39 is 5.60 Å². The van der Waals surface area contributed by atoms with Crippen LogP contribution in [0, 0.1) is 12.7 Å². The number of aromatic nitrogens is 1. The lowest BCUT2D eigenvalue weighted by molar-refractivity contribution is -0.140. The number of piperidine rings is 1. The highest BCUT2D eigenvalue weighted by Gasteiger charge is 2.40. The summed E-state index contributed by atoms with van der Waals surface area (Å²) < 4.78 is 19.2. The van der Waals surface area contributed by atoms with Gasteiger partial charge in [-0.25, -0.2) is 9.37 Å². The molecular weight excluding hydrogens is 377 g/mol. The van der Waals surface area contributed by atoms with Gasteiger partial charge in [0.05, 0.1) is 0 Å². The van der Waals surface area contributed by atoms with Crippen molar-refractivity contribution in [2.24, 2.45) is 0 Å². The summed E-state index contributed by atoms with van der Waals surface area (Å²) in [6.07, 6.45) is 3.58. The maximum atomic E-state index is 13.7. The first-order valence-corrected chi connectivity index (χ1v) is 9.11. The SMILES string of the molecule is COC1(C(=O)Nc2ncc(Cc3ccc(C)c(F)c3)s2)CCNCC1.Cl. The molecule has 3 rings (SSSR count). The normalized spacial score (nSPS) is 16.0. The van der Waals surface area contributed by atoms with Crippen LogP contribution in [-0.2, 0) is 16.0 Å². The molecule has 0 unspecified atom stereocenters. The average Bonchev–Trinajstić information content (AvgIpc) is 3.05. The molecule has 142 valence electrons. The van der Waals surface area contributed by atoms with Gasteiger partial charge in [0.25, 0.3) is 5.91 Å². The molecule has 26 heavy (non-hydrogen) atoms. The van der Waals surface area contributed by atoms with Gasteiger partial charge in [-0.05, 0) is 50.0 Å². The average molecular weight is 400 g/mol. The molecule has 1 aliphatic heterocycles. The van der Waals surface area contributed by atoms with Crippen LogP contribution in [-0.4, -0.2) is 36.7 Å². The van der Waals surface area contributed by atoms with Crippen molar-refractivity contribution >= 4 is 34.8 Å². The van der Waals surface area contributed by atoms with Crippen LogP contribution in [0.25, 0.3) is 0 Å². The number of aryl methyl sites for hydroxylation is 1. The van der Waals surface area contributed by atoms with E-state index in [4.69, 9.17) is 4.74 Å². The standard InChI is InChI=1S/C18H22FN3O2S.ClH/c1-12-3-4-13(10-15(12)19)9-14-11-21-17(25-14)22-16(23)18(24-2)5-7-20-8-6-18;/h3-4,10-11,20H,5-9H2,1-2H3,(H,21,22,23);1H. The van der Waals surface area contributed by atoms with E-state index in [1.165, 1.54) is 11.3 Å². The molecule has 1 amide bonds. The number of anilines is 1. The minimum absolute atomic E-state index is 0. The molecule has 8 heteroatoms. The lowest BCUT2D eigenvalue weighted by atomic mass is 9.91. The molecule has 1 aliphatic rings. The molecule has 2 heterocycles. The molecule has 0 bridgehead atoms. The number of thiazole rings is 1. The Balaban J connectivity index is 0.00000243. The molecule has 5 nitrogen and oxygen atoms in total. The fourth-order valence-electron chi connectivity index (χ4n) is 2.96. The van der Waals surface area contributed by atoms with E-state index in [2.05, 4.69) is 15.6 Å². The third-order valence-corrected chi connectivity index (χ3v) is 5.52. The zero-order valence-corrected chi connectivity index (χ0v) is 16.4. The maximum absolute atomic E-state index is 13.7. The van der Waals surface area contributed by atoms with Crippen LogP contribution in [0.15, 0.2) is 24.4 Å². The van der Waals surface area contributed by atoms with Crippen LogP contribution < -0.4 is 10.6 Å². The fraction of sp³-hybridized carbons (Fsp3) is 0.444. The monoisotopic (exact) mass is 399 g/mol. The largest absolute Gasteiger partial charge is 0.368 e. The van der Waals surface area contributed by atoms with Gasteiger partial charge in [-0.15, -0.1) is 23.7 Å². The van der Waals surface area contributed by atoms with Crippen molar-refractivity contribution in [3.63, 3.8) is 0 Å². The molecule has 0 atom stereocenters. The summed E-state index contributed by atoms with van der Waals surface area (Å²) in [6.45, 7) is 3.25. The minimum atomic E-state index is -0.794. The number of benzene rings is 1. The van der Waals surface area contributed by atoms with E-state index in [-0.39, 0.29) is 24.1 Å². The number of ether oxygens (including phenoxy) is 1. The first-order chi connectivity index (χ1) is 12.0. The summed E-state index contributed by atoms with van der Waals surface area (Å²) in [4.78, 5) is 17.9. The van der Waals surface area contributed by atoms with Crippen LogP contribution >= 0.6 is 23.7 Å². The predicted molar refractivity (Wildman–Crippen MR) is 104 cm³/mol. The molecule has 2 N–H and O–H groups in total. The number of hydrogen-bond acceptors (Lipinski definition) is 5. The Labute approximate surface area is 162 Å². The lowest BCUT2D eigenvalue weighted by Crippen LogP contribution is -2.51. The van der Waals surface area contributed by atoms with Gasteiger partial charge >= 0.3 is 0 Å². The smallest absolute Gasteiger partial charge is 0.258 e. The molecular formula is C18H23ClFN3O2S. The third-order valence-electron chi connectivity index (χ3n) is 4.60. The van der Waals surface area contributed by atoms with E-state index >= 15 is 0 Å². The van der Waals surface area contributed by atoms with Crippen molar-refractivity contribution in [1.82, 2.24) is 10.3 Å². The van der Waals surface area contributed by atoms with Crippen LogP contribution in [0.1, 0.15) is 28.8 Å². The van der Waals surface area contributed by atoms with Crippen molar-refractivity contribution in [2.45, 2.75) is 31.8 Å². The Kier molecular flexibility index (Phi) is 7.11. The van der Waals surface area contributed by atoms with Gasteiger partial charge in [-0.1, -0.05) is 12.1 Å². The second kappa shape index (κ2) is 8.90. The van der Waals surface area contributed by atoms with Crippen molar-refractivity contribution < 1.29 is 13.9 Å². The molecule has 2 aromatic rings. The molecule has 0 aliphatic carbocycles. The quantitative estimate of drug-likeness (QED) is 0.809. The summed E-state index contributed by atoms with van der Waals surface area (Å²) in [7, 11) is 1.57. The van der Waals surface area contributed by atoms with Gasteiger partial charge in [0.15, 0.2) is 5.13 Å². The first kappa shape index (κ1) is 20.8. The highest BCUT2D eigenvalue weighted by Crippen LogP contribution is 2.27. The number of hydrogen-bond donors (Lipinski definition) is 2. The highest BCUT2D eigenvalue weighted by atomic mass is 35.5. The van der Waals surface area contributed by atoms with E-state index in [1.54, 1.807) is 32.4 Å². The molecule has 0 radical (unpaired) electrons. The first-order valence-electron chi connectivity index (χ1n) is 8.29. The zero-order chi connectivity index (χ0) is 17.9. The van der Waals surface area contributed by atoms with E-state index in [1.807, 2.05) is 6.07 Å². The zero-order valence-electron chi connectivity index (χ0n) is 14.8. The predicted octanol–water partition coefficient (Wildman–Crippen LogP) is 3.31. The Bertz CT molecular complexity index is 763. The Morgan fingerprint density at radius 1 is 1.42 bits per heavy atom. The minimum Gasteiger partial charge on any atom is -0.368 e. The van der Waals surface area contributed by atoms with Gasteiger partial charge in [-0.3, -0.25) is 10.1 Å². The molecule has 0 saturated carbocycles. The Morgan fingerprint density at radius 3 is 2.81 bits per heavy atom. The number of nitrogens with zero attached hydrogens (tertiary/aromatic N) is 1. The summed E-state index contributed by atoms with van der Waals surface area (Å²) in [5.41, 5.74) is 0.723. The molecule has 0 spiro atoms. The Morgan fingerprint density at radius 2 is 2.15 bits per heavy atom. The molecule has 1 aromatic carbocycles. The molecule has 1 aromatic heterocycles. The van der Waals surface area contributed by atoms with Crippen LogP contribution in [0.3, 0.4) is 0 Å². The molecule has 1 saturated heterocycles. The van der Waals surface area contributed by atoms with Crippen LogP contribution in [0.5, 0.6) is 0 Å². The number of rotatable bonds is 5. The lowest BCUT2D eigenvalue weighted by Gasteiger charge is -2.34. The van der Waals surface area contributed by atoms with E-state index in [0.29, 0.717) is 30.0 Å². The number of carbonyl (C=O) groups excluding carboxylic acids is 1. The topological polar surface area (TPSA) is 63.2 Å². The fourth-order valence-corrected chi connectivity index (χ4v) is 3.80. The van der Waals surface area contributed by atoms with Gasteiger partial charge in [0, 0.05) is 24.6 Å². The van der Waals surface area contributed by atoms with E-state index in [0.717, 1.165) is 23.5 Å². The molecule has 1 fully saturated rings. The van der Waals surface area contributed by atoms with Gasteiger partial charge in [0.2, 0.25) is 0 Å². The highest BCUT2D eigenvalue weighted by molar-refractivity contribution is 7.15. The van der Waals surface area contributed by atoms with Crippen molar-refractivity contribution in [3.8, 4) is 0 Å². The Hall–Kier alpha value is -1.54. The summed E-state index contributed by atoms with van der Waals surface area (Å²) >= 11 is 1.40. The van der Waals surface area contributed by atoms with Crippen molar-refractivity contribution in [3.05, 3.63) is 46.2 Å². The summed E-state index contributed by atoms with van der Waals surface area (Å²) in [6, 6.07) is 5.22. The number of carbonyl (C=O) groups is 1. The van der Waals surface area contributed by atoms with Gasteiger partial charge in [-0.2, -0.15) is 0 Å². The third kappa shape index (κ3) is 4.59. The van der Waals surface area contributed by atoms with E-state index in [9.17, 15) is 9.18 Å². The van der Waals surface area contributed by atoms with Crippen molar-refractivity contribution in [2.75, 3.05) is 25.5 Å². The maximum Gasteiger partial charge on any atom is 0.258 e. The second-order valence-corrected chi connectivity index (χ2v) is 7.41. The summed E-state index contributed by atoms with van der Waals surface area (Å²) in [5, 5.41) is 6.64. The number of methoxy groups -OCH3 is 1. The number of nitrogens with one attached hydrogen (secondary N) is 2. The van der Waals surface area contributed by atoms with Crippen molar-refractivity contribution in [1.29, 1.82) is 0 Å². The van der Waals surface area contributed by atoms with Crippen LogP contribution in [0.2, 0.25) is 0 Å². The van der Waals surface area contributed by atoms with Gasteiger partial charge < -0.3 is 10.1 Å². The number of halogens is 2. The number of amides is 1.